The Balaban J connectivity index is 2.35. The number of nitrogens with one attached hydrogen (secondary N) is 3. The molecule has 0 aliphatic carbocycles. The predicted octanol–water partition coefficient (Wildman–Crippen LogP) is -0.0531. The average molecular weight is 355 g/mol. The number of rotatable bonds is 7. The number of hydrazone groups is 1. The van der Waals surface area contributed by atoms with Crippen LogP contribution in [0.15, 0.2) is 29.4 Å². The van der Waals surface area contributed by atoms with Gasteiger partial charge >= 0.3 is 11.8 Å². The van der Waals surface area contributed by atoms with Crippen LogP contribution in [0.2, 0.25) is 5.02 Å². The van der Waals surface area contributed by atoms with Gasteiger partial charge in [-0.25, -0.2) is 5.43 Å². The van der Waals surface area contributed by atoms with Crippen molar-refractivity contribution in [1.29, 1.82) is 0 Å². The second-order valence-electron chi connectivity index (χ2n) is 4.85. The minimum absolute atomic E-state index is 0.0217. The monoisotopic (exact) mass is 354 g/mol. The molecule has 0 radical (unpaired) electrons. The number of carbonyl (C=O) groups excluding carboxylic acids is 3. The van der Waals surface area contributed by atoms with Crippen molar-refractivity contribution >= 4 is 35.0 Å². The SMILES string of the molecule is C/C(CC(=O)NCc1ccc(Cl)cc1)=N/NC(=O)C(=O)NCCO. The van der Waals surface area contributed by atoms with E-state index in [1.807, 2.05) is 5.43 Å². The molecule has 9 heteroatoms. The summed E-state index contributed by atoms with van der Waals surface area (Å²) in [7, 11) is 0. The number of hydrogen-bond acceptors (Lipinski definition) is 5. The van der Waals surface area contributed by atoms with Crippen LogP contribution in [0.3, 0.4) is 0 Å². The summed E-state index contributed by atoms with van der Waals surface area (Å²) in [5.74, 6) is -2.15. The van der Waals surface area contributed by atoms with Crippen LogP contribution in [-0.4, -0.2) is 41.7 Å². The molecule has 0 atom stereocenters. The van der Waals surface area contributed by atoms with E-state index < -0.39 is 11.8 Å². The normalized spacial score (nSPS) is 10.9. The van der Waals surface area contributed by atoms with E-state index in [2.05, 4.69) is 15.7 Å². The van der Waals surface area contributed by atoms with Gasteiger partial charge in [0.15, 0.2) is 0 Å². The van der Waals surface area contributed by atoms with Gasteiger partial charge in [-0.15, -0.1) is 0 Å². The predicted molar refractivity (Wildman–Crippen MR) is 89.3 cm³/mol. The Labute approximate surface area is 144 Å². The summed E-state index contributed by atoms with van der Waals surface area (Å²) >= 11 is 5.78. The number of benzene rings is 1. The number of hydrogen-bond donors (Lipinski definition) is 4. The molecular formula is C15H19ClN4O4. The van der Waals surface area contributed by atoms with Crippen molar-refractivity contribution < 1.29 is 19.5 Å². The molecule has 24 heavy (non-hydrogen) atoms. The molecule has 3 amide bonds. The molecule has 0 saturated heterocycles. The molecular weight excluding hydrogens is 336 g/mol. The second-order valence-corrected chi connectivity index (χ2v) is 5.28. The number of aliphatic hydroxyl groups is 1. The molecule has 0 aromatic heterocycles. The lowest BCUT2D eigenvalue weighted by Gasteiger charge is -2.06. The third-order valence-corrected chi connectivity index (χ3v) is 3.02. The molecule has 0 spiro atoms. The Morgan fingerprint density at radius 2 is 1.79 bits per heavy atom. The zero-order valence-electron chi connectivity index (χ0n) is 13.1. The molecule has 0 aliphatic heterocycles. The molecule has 1 aromatic rings. The third kappa shape index (κ3) is 7.70. The van der Waals surface area contributed by atoms with E-state index >= 15 is 0 Å². The fraction of sp³-hybridized carbons (Fsp3) is 0.333. The van der Waals surface area contributed by atoms with E-state index in [9.17, 15) is 14.4 Å². The van der Waals surface area contributed by atoms with Gasteiger partial charge in [0.25, 0.3) is 0 Å². The van der Waals surface area contributed by atoms with E-state index in [-0.39, 0.29) is 25.5 Å². The van der Waals surface area contributed by atoms with Crippen molar-refractivity contribution in [3.05, 3.63) is 34.9 Å². The largest absolute Gasteiger partial charge is 0.395 e. The lowest BCUT2D eigenvalue weighted by atomic mass is 10.2. The Morgan fingerprint density at radius 1 is 1.12 bits per heavy atom. The van der Waals surface area contributed by atoms with E-state index in [0.29, 0.717) is 17.3 Å². The fourth-order valence-electron chi connectivity index (χ4n) is 1.58. The van der Waals surface area contributed by atoms with Gasteiger partial charge in [-0.1, -0.05) is 23.7 Å². The fourth-order valence-corrected chi connectivity index (χ4v) is 1.71. The van der Waals surface area contributed by atoms with Gasteiger partial charge in [0, 0.05) is 23.8 Å². The van der Waals surface area contributed by atoms with Gasteiger partial charge in [-0.3, -0.25) is 14.4 Å². The second kappa shape index (κ2) is 10.3. The first-order valence-electron chi connectivity index (χ1n) is 7.15. The van der Waals surface area contributed by atoms with Gasteiger partial charge < -0.3 is 15.7 Å². The van der Waals surface area contributed by atoms with Crippen LogP contribution in [-0.2, 0) is 20.9 Å². The average Bonchev–Trinajstić information content (AvgIpc) is 2.57. The zero-order valence-corrected chi connectivity index (χ0v) is 13.9. The minimum atomic E-state index is -0.968. The quantitative estimate of drug-likeness (QED) is 0.311. The van der Waals surface area contributed by atoms with E-state index in [0.717, 1.165) is 5.56 Å². The van der Waals surface area contributed by atoms with Crippen LogP contribution in [0.4, 0.5) is 0 Å². The van der Waals surface area contributed by atoms with Crippen LogP contribution in [0.5, 0.6) is 0 Å². The topological polar surface area (TPSA) is 120 Å². The summed E-state index contributed by atoms with van der Waals surface area (Å²) in [6.45, 7) is 1.60. The first kappa shape index (κ1) is 19.6. The van der Waals surface area contributed by atoms with Gasteiger partial charge in [0.2, 0.25) is 5.91 Å². The molecule has 4 N–H and O–H groups in total. The Kier molecular flexibility index (Phi) is 8.45. The summed E-state index contributed by atoms with van der Waals surface area (Å²) in [5, 5.41) is 17.7. The standard InChI is InChI=1S/C15H19ClN4O4/c1-10(19-20-15(24)14(23)17-6-7-21)8-13(22)18-9-11-2-4-12(16)5-3-11/h2-5,21H,6-9H2,1H3,(H,17,23)(H,18,22)(H,20,24)/b19-10-. The highest BCUT2D eigenvalue weighted by Crippen LogP contribution is 2.09. The Bertz CT molecular complexity index is 616. The first-order chi connectivity index (χ1) is 11.4. The molecule has 8 nitrogen and oxygen atoms in total. The Hall–Kier alpha value is -2.45. The van der Waals surface area contributed by atoms with Crippen molar-refractivity contribution in [2.24, 2.45) is 5.10 Å². The summed E-state index contributed by atoms with van der Waals surface area (Å²) in [5.41, 5.74) is 3.28. The number of amides is 3. The number of aliphatic hydroxyl groups excluding tert-OH is 1. The van der Waals surface area contributed by atoms with Gasteiger partial charge in [-0.05, 0) is 24.6 Å². The van der Waals surface area contributed by atoms with Crippen molar-refractivity contribution in [3.63, 3.8) is 0 Å². The minimum Gasteiger partial charge on any atom is -0.395 e. The van der Waals surface area contributed by atoms with Crippen molar-refractivity contribution in [3.8, 4) is 0 Å². The maximum Gasteiger partial charge on any atom is 0.329 e. The molecule has 0 bridgehead atoms. The van der Waals surface area contributed by atoms with Crippen molar-refractivity contribution in [1.82, 2.24) is 16.1 Å². The lowest BCUT2D eigenvalue weighted by Crippen LogP contribution is -2.39. The van der Waals surface area contributed by atoms with Crippen LogP contribution in [0.25, 0.3) is 0 Å². The van der Waals surface area contributed by atoms with Crippen LogP contribution < -0.4 is 16.1 Å². The molecule has 0 unspecified atom stereocenters. The van der Waals surface area contributed by atoms with E-state index in [1.54, 1.807) is 31.2 Å². The maximum absolute atomic E-state index is 11.8. The zero-order chi connectivity index (χ0) is 17.9. The molecule has 0 fully saturated rings. The van der Waals surface area contributed by atoms with Crippen LogP contribution in [0, 0.1) is 0 Å². The molecule has 0 saturated carbocycles. The molecule has 0 heterocycles. The van der Waals surface area contributed by atoms with Gasteiger partial charge in [0.1, 0.15) is 0 Å². The molecule has 130 valence electrons. The van der Waals surface area contributed by atoms with Gasteiger partial charge in [-0.2, -0.15) is 5.10 Å². The van der Waals surface area contributed by atoms with E-state index in [1.165, 1.54) is 0 Å². The van der Waals surface area contributed by atoms with Crippen molar-refractivity contribution in [2.45, 2.75) is 19.9 Å². The lowest BCUT2D eigenvalue weighted by molar-refractivity contribution is -0.139. The van der Waals surface area contributed by atoms with E-state index in [4.69, 9.17) is 16.7 Å². The Morgan fingerprint density at radius 3 is 2.42 bits per heavy atom. The highest BCUT2D eigenvalue weighted by atomic mass is 35.5. The highest BCUT2D eigenvalue weighted by Gasteiger charge is 2.12. The molecule has 1 rings (SSSR count). The maximum atomic E-state index is 11.8. The van der Waals surface area contributed by atoms with Gasteiger partial charge in [0.05, 0.1) is 13.0 Å². The summed E-state index contributed by atoms with van der Waals surface area (Å²) in [6.07, 6.45) is -0.0217. The molecule has 0 aliphatic rings. The third-order valence-electron chi connectivity index (χ3n) is 2.77. The van der Waals surface area contributed by atoms with Crippen molar-refractivity contribution in [2.75, 3.05) is 13.2 Å². The number of nitrogens with zero attached hydrogens (tertiary/aromatic N) is 1. The number of halogens is 1. The first-order valence-corrected chi connectivity index (χ1v) is 7.53. The van der Waals surface area contributed by atoms with Crippen LogP contribution >= 0.6 is 11.6 Å². The summed E-state index contributed by atoms with van der Waals surface area (Å²) < 4.78 is 0. The highest BCUT2D eigenvalue weighted by molar-refractivity contribution is 6.35. The molecule has 1 aromatic carbocycles. The van der Waals surface area contributed by atoms with Crippen LogP contribution in [0.1, 0.15) is 18.9 Å². The summed E-state index contributed by atoms with van der Waals surface area (Å²) in [6, 6.07) is 7.06. The number of carbonyl (C=O) groups is 3. The summed E-state index contributed by atoms with van der Waals surface area (Å²) in [4.78, 5) is 34.4. The smallest absolute Gasteiger partial charge is 0.329 e.